The molecule has 2 aromatic rings. The van der Waals surface area contributed by atoms with Gasteiger partial charge in [-0.05, 0) is 37.3 Å². The monoisotopic (exact) mass is 506 g/mol. The number of nitrogens with two attached hydrogens (primary N) is 1. The zero-order chi connectivity index (χ0) is 24.9. The van der Waals surface area contributed by atoms with Crippen LogP contribution in [0.2, 0.25) is 0 Å². The first kappa shape index (κ1) is 26.4. The van der Waals surface area contributed by atoms with E-state index in [2.05, 4.69) is 18.7 Å². The average Bonchev–Trinajstić information content (AvgIpc) is 2.93. The Morgan fingerprint density at radius 2 is 1.97 bits per heavy atom. The van der Waals surface area contributed by atoms with Gasteiger partial charge >= 0.3 is 5.97 Å². The maximum atomic E-state index is 13.8. The van der Waals surface area contributed by atoms with Gasteiger partial charge in [0.1, 0.15) is 18.4 Å². The highest BCUT2D eigenvalue weighted by Gasteiger charge is 2.42. The van der Waals surface area contributed by atoms with Crippen LogP contribution in [-0.4, -0.2) is 50.7 Å². The second-order valence-corrected chi connectivity index (χ2v) is 11.7. The van der Waals surface area contributed by atoms with Gasteiger partial charge in [-0.15, -0.1) is 11.8 Å². The number of carboxylic acid groups (broad SMARTS) is 1. The number of carboxylic acids is 1. The number of para-hydroxylation sites is 1. The van der Waals surface area contributed by atoms with Crippen molar-refractivity contribution >= 4 is 38.9 Å². The lowest BCUT2D eigenvalue weighted by molar-refractivity contribution is -0.139. The Hall–Kier alpha value is -2.23. The van der Waals surface area contributed by atoms with E-state index in [0.29, 0.717) is 18.0 Å². The Labute approximate surface area is 206 Å². The van der Waals surface area contributed by atoms with Crippen molar-refractivity contribution in [3.63, 3.8) is 0 Å². The first-order valence-electron chi connectivity index (χ1n) is 11.5. The van der Waals surface area contributed by atoms with Crippen LogP contribution in [0, 0.1) is 5.41 Å². The summed E-state index contributed by atoms with van der Waals surface area (Å²) in [6.07, 6.45) is 5.40. The van der Waals surface area contributed by atoms with Gasteiger partial charge in [0.15, 0.2) is 9.84 Å². The Kier molecular flexibility index (Phi) is 8.54. The van der Waals surface area contributed by atoms with Crippen LogP contribution in [0.4, 0.5) is 11.4 Å². The first-order valence-corrected chi connectivity index (χ1v) is 14.4. The third-order valence-electron chi connectivity index (χ3n) is 6.47. The van der Waals surface area contributed by atoms with Gasteiger partial charge in [-0.2, -0.15) is 0 Å². The van der Waals surface area contributed by atoms with Crippen LogP contribution < -0.4 is 15.4 Å². The molecule has 3 rings (SSSR count). The smallest absolute Gasteiger partial charge is 0.324 e. The highest BCUT2D eigenvalue weighted by atomic mass is 32.2. The number of aliphatic carboxylic acids is 1. The summed E-state index contributed by atoms with van der Waals surface area (Å²) in [5, 5.41) is 9.10. The van der Waals surface area contributed by atoms with E-state index in [4.69, 9.17) is 15.6 Å². The van der Waals surface area contributed by atoms with Crippen LogP contribution in [-0.2, 0) is 14.6 Å². The van der Waals surface area contributed by atoms with E-state index in [1.807, 2.05) is 42.7 Å². The van der Waals surface area contributed by atoms with Gasteiger partial charge in [0, 0.05) is 23.7 Å². The molecule has 0 radical (unpaired) electrons. The van der Waals surface area contributed by atoms with Crippen LogP contribution in [0.15, 0.2) is 52.3 Å². The molecule has 186 valence electrons. The van der Waals surface area contributed by atoms with Crippen LogP contribution in [0.5, 0.6) is 5.75 Å². The van der Waals surface area contributed by atoms with Gasteiger partial charge in [-0.1, -0.05) is 44.9 Å². The molecule has 1 heterocycles. The van der Waals surface area contributed by atoms with Gasteiger partial charge in [-0.25, -0.2) is 8.42 Å². The molecule has 34 heavy (non-hydrogen) atoms. The zero-order valence-electron chi connectivity index (χ0n) is 20.0. The highest BCUT2D eigenvalue weighted by molar-refractivity contribution is 7.98. The molecule has 3 N–H and O–H groups in total. The summed E-state index contributed by atoms with van der Waals surface area (Å²) in [7, 11) is -3.65. The van der Waals surface area contributed by atoms with Crippen molar-refractivity contribution in [1.29, 1.82) is 0 Å². The van der Waals surface area contributed by atoms with E-state index in [1.165, 1.54) is 11.8 Å². The van der Waals surface area contributed by atoms with E-state index in [-0.39, 0.29) is 17.3 Å². The van der Waals surface area contributed by atoms with E-state index in [1.54, 1.807) is 6.07 Å². The standard InChI is InChI=1S/C25H34N2O5S2/c1-4-6-12-25(5-2)16-27(18-10-8-7-9-11-18)20-13-22(33-3)21(32-15-19(26)24(28)29)14-23(20)34(30,31)17-25/h7-11,13-14,19H,4-6,12,15-17,26H2,1-3H3,(H,28,29)/t19-,25+/m1/s1. The topological polar surface area (TPSA) is 110 Å². The minimum Gasteiger partial charge on any atom is -0.490 e. The average molecular weight is 507 g/mol. The number of thioether (sulfide) groups is 1. The molecule has 2 aromatic carbocycles. The van der Waals surface area contributed by atoms with Crippen molar-refractivity contribution in [1.82, 2.24) is 0 Å². The lowest BCUT2D eigenvalue weighted by atomic mass is 9.81. The van der Waals surface area contributed by atoms with Crippen LogP contribution in [0.25, 0.3) is 0 Å². The molecule has 0 aromatic heterocycles. The number of ether oxygens (including phenoxy) is 1. The molecule has 0 aliphatic carbocycles. The van der Waals surface area contributed by atoms with Crippen molar-refractivity contribution in [2.45, 2.75) is 55.4 Å². The lowest BCUT2D eigenvalue weighted by Crippen LogP contribution is -2.37. The summed E-state index contributed by atoms with van der Waals surface area (Å²) in [6, 6.07) is 12.0. The second kappa shape index (κ2) is 11.0. The van der Waals surface area contributed by atoms with Gasteiger partial charge in [0.05, 0.1) is 21.2 Å². The molecule has 0 bridgehead atoms. The van der Waals surface area contributed by atoms with Gasteiger partial charge in [0.2, 0.25) is 0 Å². The summed E-state index contributed by atoms with van der Waals surface area (Å²) in [4.78, 5) is 14.2. The summed E-state index contributed by atoms with van der Waals surface area (Å²) in [5.74, 6) is -0.788. The van der Waals surface area contributed by atoms with Crippen LogP contribution in [0.3, 0.4) is 0 Å². The number of nitrogens with zero attached hydrogens (tertiary/aromatic N) is 1. The number of fused-ring (bicyclic) bond motifs is 1. The summed E-state index contributed by atoms with van der Waals surface area (Å²) in [5.41, 5.74) is 6.78. The molecule has 0 saturated heterocycles. The summed E-state index contributed by atoms with van der Waals surface area (Å²) >= 11 is 1.42. The number of hydrogen-bond donors (Lipinski definition) is 2. The van der Waals surface area contributed by atoms with Crippen molar-refractivity contribution in [2.75, 3.05) is 30.1 Å². The molecule has 1 aliphatic heterocycles. The lowest BCUT2D eigenvalue weighted by Gasteiger charge is -2.36. The predicted octanol–water partition coefficient (Wildman–Crippen LogP) is 4.71. The minimum atomic E-state index is -3.65. The van der Waals surface area contributed by atoms with Crippen molar-refractivity contribution in [3.8, 4) is 5.75 Å². The third-order valence-corrected chi connectivity index (χ3v) is 9.22. The predicted molar refractivity (Wildman–Crippen MR) is 137 cm³/mol. The number of unbranched alkanes of at least 4 members (excludes halogenated alkanes) is 1. The summed E-state index contributed by atoms with van der Waals surface area (Å²) in [6.45, 7) is 4.53. The normalized spacial score (nSPS) is 20.3. The molecule has 2 atom stereocenters. The second-order valence-electron chi connectivity index (χ2n) is 8.86. The van der Waals surface area contributed by atoms with Crippen molar-refractivity contribution in [3.05, 3.63) is 42.5 Å². The van der Waals surface area contributed by atoms with Gasteiger partial charge in [0.25, 0.3) is 0 Å². The Morgan fingerprint density at radius 3 is 2.56 bits per heavy atom. The molecule has 7 nitrogen and oxygen atoms in total. The fraction of sp³-hybridized carbons (Fsp3) is 0.480. The largest absolute Gasteiger partial charge is 0.490 e. The fourth-order valence-corrected chi connectivity index (χ4v) is 7.12. The van der Waals surface area contributed by atoms with E-state index in [9.17, 15) is 13.2 Å². The Bertz CT molecular complexity index is 1110. The first-order chi connectivity index (χ1) is 16.2. The summed E-state index contributed by atoms with van der Waals surface area (Å²) < 4.78 is 33.3. The maximum Gasteiger partial charge on any atom is 0.324 e. The number of sulfone groups is 1. The van der Waals surface area contributed by atoms with Crippen LogP contribution in [0.1, 0.15) is 39.5 Å². The fourth-order valence-electron chi connectivity index (χ4n) is 4.39. The molecule has 0 fully saturated rings. The van der Waals surface area contributed by atoms with Crippen LogP contribution >= 0.6 is 11.8 Å². The maximum absolute atomic E-state index is 13.8. The number of benzene rings is 2. The van der Waals surface area contributed by atoms with Crippen molar-refractivity contribution < 1.29 is 23.1 Å². The molecule has 9 heteroatoms. The van der Waals surface area contributed by atoms with E-state index >= 15 is 0 Å². The number of anilines is 2. The van der Waals surface area contributed by atoms with Gasteiger partial charge in [-0.3, -0.25) is 4.79 Å². The van der Waals surface area contributed by atoms with E-state index in [0.717, 1.165) is 36.3 Å². The van der Waals surface area contributed by atoms with Crippen molar-refractivity contribution in [2.24, 2.45) is 11.1 Å². The quantitative estimate of drug-likeness (QED) is 0.446. The number of rotatable bonds is 10. The molecular weight excluding hydrogens is 472 g/mol. The Balaban J connectivity index is 2.18. The molecular formula is C25H34N2O5S2. The molecule has 1 aliphatic rings. The van der Waals surface area contributed by atoms with E-state index < -0.39 is 27.3 Å². The zero-order valence-corrected chi connectivity index (χ0v) is 21.6. The SMILES string of the molecule is CCCC[C@@]1(CC)CN(c2ccccc2)c2cc(SC)c(OC[C@@H](N)C(=O)O)cc2S(=O)(=O)C1. The minimum absolute atomic E-state index is 0.0551. The molecule has 0 unspecified atom stereocenters. The van der Waals surface area contributed by atoms with Gasteiger partial charge < -0.3 is 20.5 Å². The number of carbonyl (C=O) groups is 1. The molecule has 0 spiro atoms. The third kappa shape index (κ3) is 5.70. The molecule has 0 amide bonds. The number of hydrogen-bond acceptors (Lipinski definition) is 7. The Morgan fingerprint density at radius 1 is 1.26 bits per heavy atom. The molecule has 0 saturated carbocycles. The highest BCUT2D eigenvalue weighted by Crippen LogP contribution is 2.47.